The monoisotopic (exact) mass is 393 g/mol. The van der Waals surface area contributed by atoms with Crippen molar-refractivity contribution in [2.24, 2.45) is 0 Å². The fourth-order valence-corrected chi connectivity index (χ4v) is 2.84. The van der Waals surface area contributed by atoms with E-state index in [1.807, 2.05) is 24.3 Å². The first-order chi connectivity index (χ1) is 11.4. The highest BCUT2D eigenvalue weighted by Gasteiger charge is 2.17. The fraction of sp³-hybridized carbons (Fsp3) is 0.333. The van der Waals surface area contributed by atoms with Gasteiger partial charge in [0, 0.05) is 17.9 Å². The van der Waals surface area contributed by atoms with Gasteiger partial charge in [0.2, 0.25) is 5.91 Å². The molecule has 0 unspecified atom stereocenters. The number of methoxy groups -OCH3 is 1. The number of hydrogen-bond acceptors (Lipinski definition) is 4. The van der Waals surface area contributed by atoms with Crippen LogP contribution in [-0.2, 0) is 22.5 Å². The van der Waals surface area contributed by atoms with E-state index in [-0.39, 0.29) is 5.91 Å². The number of aryl methyl sites for hydroxylation is 2. The quantitative estimate of drug-likeness (QED) is 0.701. The second kappa shape index (κ2) is 8.15. The van der Waals surface area contributed by atoms with Crippen molar-refractivity contribution >= 4 is 27.8 Å². The van der Waals surface area contributed by atoms with Gasteiger partial charge in [0.25, 0.3) is 0 Å². The number of ether oxygens (including phenoxy) is 1. The van der Waals surface area contributed by atoms with Crippen molar-refractivity contribution in [3.05, 3.63) is 57.5 Å². The summed E-state index contributed by atoms with van der Waals surface area (Å²) in [6, 6.07) is 9.53. The van der Waals surface area contributed by atoms with Gasteiger partial charge < -0.3 is 14.1 Å². The first kappa shape index (κ1) is 18.3. The molecule has 0 N–H and O–H groups in total. The maximum absolute atomic E-state index is 12.3. The number of amides is 1. The van der Waals surface area contributed by atoms with Crippen molar-refractivity contribution in [3.8, 4) is 0 Å². The summed E-state index contributed by atoms with van der Waals surface area (Å²) in [7, 11) is 3.05. The summed E-state index contributed by atoms with van der Waals surface area (Å²) in [5.74, 6) is 0.632. The van der Waals surface area contributed by atoms with Crippen LogP contribution >= 0.6 is 15.9 Å². The molecule has 24 heavy (non-hydrogen) atoms. The Morgan fingerprint density at radius 3 is 2.71 bits per heavy atom. The van der Waals surface area contributed by atoms with Crippen molar-refractivity contribution in [2.75, 3.05) is 14.2 Å². The Hall–Kier alpha value is -2.08. The van der Waals surface area contributed by atoms with Gasteiger partial charge in [-0.15, -0.1) is 0 Å². The molecule has 1 amide bonds. The summed E-state index contributed by atoms with van der Waals surface area (Å²) in [4.78, 5) is 25.5. The molecule has 128 valence electrons. The summed E-state index contributed by atoms with van der Waals surface area (Å²) in [6.45, 7) is 2.01. The van der Waals surface area contributed by atoms with Crippen LogP contribution in [0.4, 0.5) is 0 Å². The lowest BCUT2D eigenvalue weighted by atomic mass is 10.1. The zero-order valence-electron chi connectivity index (χ0n) is 14.0. The second-order valence-corrected chi connectivity index (χ2v) is 6.47. The molecule has 0 atom stereocenters. The zero-order chi connectivity index (χ0) is 17.7. The van der Waals surface area contributed by atoms with Gasteiger partial charge in [-0.1, -0.05) is 28.1 Å². The Labute approximate surface area is 149 Å². The van der Waals surface area contributed by atoms with E-state index in [9.17, 15) is 9.59 Å². The van der Waals surface area contributed by atoms with Crippen molar-refractivity contribution in [2.45, 2.75) is 26.3 Å². The van der Waals surface area contributed by atoms with Gasteiger partial charge in [0.05, 0.1) is 13.7 Å². The summed E-state index contributed by atoms with van der Waals surface area (Å²) in [6.07, 6.45) is 1.09. The predicted octanol–water partition coefficient (Wildman–Crippen LogP) is 3.73. The molecule has 5 nitrogen and oxygen atoms in total. The lowest BCUT2D eigenvalue weighted by Crippen LogP contribution is -2.26. The predicted molar refractivity (Wildman–Crippen MR) is 93.7 cm³/mol. The van der Waals surface area contributed by atoms with Crippen LogP contribution in [0.15, 0.2) is 39.2 Å². The average molecular weight is 394 g/mol. The highest BCUT2D eigenvalue weighted by molar-refractivity contribution is 9.10. The first-order valence-electron chi connectivity index (χ1n) is 7.56. The lowest BCUT2D eigenvalue weighted by molar-refractivity contribution is -0.130. The molecule has 0 spiro atoms. The fourth-order valence-electron chi connectivity index (χ4n) is 2.39. The molecule has 0 aliphatic heterocycles. The minimum Gasteiger partial charge on any atom is -0.465 e. The van der Waals surface area contributed by atoms with Crippen LogP contribution in [0.25, 0.3) is 0 Å². The number of carbonyl (C=O) groups is 2. The number of furan rings is 1. The summed E-state index contributed by atoms with van der Waals surface area (Å²) in [5.41, 5.74) is 1.50. The zero-order valence-corrected chi connectivity index (χ0v) is 15.6. The molecule has 0 saturated heterocycles. The van der Waals surface area contributed by atoms with Gasteiger partial charge in [-0.3, -0.25) is 4.79 Å². The Morgan fingerprint density at radius 1 is 1.29 bits per heavy atom. The van der Waals surface area contributed by atoms with Gasteiger partial charge in [0.1, 0.15) is 17.1 Å². The van der Waals surface area contributed by atoms with Crippen molar-refractivity contribution < 1.29 is 18.7 Å². The average Bonchev–Trinajstić information content (AvgIpc) is 2.92. The Kier molecular flexibility index (Phi) is 6.20. The number of halogens is 1. The summed E-state index contributed by atoms with van der Waals surface area (Å²) >= 11 is 3.42. The molecule has 1 aromatic heterocycles. The highest BCUT2D eigenvalue weighted by Crippen LogP contribution is 2.18. The maximum atomic E-state index is 12.3. The third-order valence-corrected chi connectivity index (χ3v) is 4.20. The van der Waals surface area contributed by atoms with Gasteiger partial charge in [-0.25, -0.2) is 4.79 Å². The molecule has 0 fully saturated rings. The van der Waals surface area contributed by atoms with E-state index in [1.54, 1.807) is 24.9 Å². The van der Waals surface area contributed by atoms with E-state index in [1.165, 1.54) is 7.11 Å². The van der Waals surface area contributed by atoms with Crippen LogP contribution < -0.4 is 0 Å². The van der Waals surface area contributed by atoms with Crippen molar-refractivity contribution in [3.63, 3.8) is 0 Å². The van der Waals surface area contributed by atoms with Gasteiger partial charge >= 0.3 is 5.97 Å². The number of nitrogens with zero attached hydrogens (tertiary/aromatic N) is 1. The minimum atomic E-state index is -0.439. The molecule has 0 aliphatic carbocycles. The summed E-state index contributed by atoms with van der Waals surface area (Å²) in [5, 5.41) is 0. The van der Waals surface area contributed by atoms with Gasteiger partial charge in [0.15, 0.2) is 0 Å². The summed E-state index contributed by atoms with van der Waals surface area (Å²) < 4.78 is 11.2. The van der Waals surface area contributed by atoms with Crippen molar-refractivity contribution in [1.82, 2.24) is 4.90 Å². The van der Waals surface area contributed by atoms with E-state index < -0.39 is 5.97 Å². The Morgan fingerprint density at radius 2 is 2.04 bits per heavy atom. The van der Waals surface area contributed by atoms with E-state index >= 15 is 0 Å². The molecular weight excluding hydrogens is 374 g/mol. The van der Waals surface area contributed by atoms with Crippen LogP contribution in [-0.4, -0.2) is 30.9 Å². The van der Waals surface area contributed by atoms with Crippen LogP contribution in [0.1, 0.15) is 33.9 Å². The van der Waals surface area contributed by atoms with Crippen LogP contribution in [0, 0.1) is 6.92 Å². The van der Waals surface area contributed by atoms with Crippen LogP contribution in [0.3, 0.4) is 0 Å². The molecule has 2 aromatic rings. The normalized spacial score (nSPS) is 10.5. The van der Waals surface area contributed by atoms with Gasteiger partial charge in [-0.2, -0.15) is 0 Å². The topological polar surface area (TPSA) is 59.8 Å². The molecule has 1 heterocycles. The van der Waals surface area contributed by atoms with E-state index in [0.29, 0.717) is 36.5 Å². The Bertz CT molecular complexity index is 738. The van der Waals surface area contributed by atoms with E-state index in [2.05, 4.69) is 15.9 Å². The molecule has 0 radical (unpaired) electrons. The largest absolute Gasteiger partial charge is 0.465 e. The molecule has 0 saturated carbocycles. The van der Waals surface area contributed by atoms with Crippen LogP contribution in [0.5, 0.6) is 0 Å². The molecule has 0 aliphatic rings. The second-order valence-electron chi connectivity index (χ2n) is 5.55. The molecule has 2 rings (SSSR count). The number of rotatable bonds is 6. The number of hydrogen-bond donors (Lipinski definition) is 0. The van der Waals surface area contributed by atoms with Gasteiger partial charge in [-0.05, 0) is 37.1 Å². The minimum absolute atomic E-state index is 0.0173. The number of benzene rings is 1. The molecule has 6 heteroatoms. The van der Waals surface area contributed by atoms with Crippen LogP contribution in [0.2, 0.25) is 0 Å². The van der Waals surface area contributed by atoms with E-state index in [0.717, 1.165) is 10.0 Å². The SMILES string of the molecule is COC(=O)c1cc(CN(C)C(=O)CCc2cccc(Br)c2)oc1C. The van der Waals surface area contributed by atoms with Crippen molar-refractivity contribution in [1.29, 1.82) is 0 Å². The third-order valence-electron chi connectivity index (χ3n) is 3.71. The standard InChI is InChI=1S/C18H20BrNO4/c1-12-16(18(22)23-3)10-15(24-12)11-20(2)17(21)8-7-13-5-4-6-14(19)9-13/h4-6,9-10H,7-8,11H2,1-3H3. The van der Waals surface area contributed by atoms with E-state index in [4.69, 9.17) is 9.15 Å². The highest BCUT2D eigenvalue weighted by atomic mass is 79.9. The molecule has 1 aromatic carbocycles. The molecular formula is C18H20BrNO4. The smallest absolute Gasteiger partial charge is 0.341 e. The third kappa shape index (κ3) is 4.71. The first-order valence-corrected chi connectivity index (χ1v) is 8.36. The number of esters is 1. The lowest BCUT2D eigenvalue weighted by Gasteiger charge is -2.15. The number of carbonyl (C=O) groups excluding carboxylic acids is 2. The maximum Gasteiger partial charge on any atom is 0.341 e. The molecule has 0 bridgehead atoms. The Balaban J connectivity index is 1.93.